The molecule has 0 bridgehead atoms. The van der Waals surface area contributed by atoms with Crippen LogP contribution >= 0.6 is 34.8 Å². The van der Waals surface area contributed by atoms with Crippen LogP contribution in [0.5, 0.6) is 0 Å². The largest absolute Gasteiger partial charge is 0.325 e. The Morgan fingerprint density at radius 2 is 1.74 bits per heavy atom. The van der Waals surface area contributed by atoms with Gasteiger partial charge in [0.05, 0.1) is 22.3 Å². The molecule has 1 aliphatic rings. The van der Waals surface area contributed by atoms with Crippen LogP contribution in [0.3, 0.4) is 0 Å². The van der Waals surface area contributed by atoms with Crippen molar-refractivity contribution >= 4 is 57.4 Å². The molecule has 0 saturated carbocycles. The van der Waals surface area contributed by atoms with Gasteiger partial charge in [0.1, 0.15) is 16.9 Å². The van der Waals surface area contributed by atoms with E-state index in [0.717, 1.165) is 31.7 Å². The van der Waals surface area contributed by atoms with Crippen molar-refractivity contribution in [3.05, 3.63) is 78.9 Å². The van der Waals surface area contributed by atoms with Gasteiger partial charge >= 0.3 is 0 Å². The SMILES string of the molecule is CC(C)c1nn(-c2c(Cl)cc(Cl)cc2Cl)c2nc(Cc3ccc(NC(=O)CN4CCNCC4)cc3)[nH]c(=O)c12. The molecule has 1 fully saturated rings. The van der Waals surface area contributed by atoms with E-state index in [1.54, 1.807) is 12.1 Å². The predicted molar refractivity (Wildman–Crippen MR) is 156 cm³/mol. The summed E-state index contributed by atoms with van der Waals surface area (Å²) in [5, 5.41) is 12.3. The zero-order chi connectivity index (χ0) is 27.7. The van der Waals surface area contributed by atoms with Crippen molar-refractivity contribution in [3.63, 3.8) is 0 Å². The molecule has 204 valence electrons. The monoisotopic (exact) mass is 587 g/mol. The van der Waals surface area contributed by atoms with Crippen LogP contribution < -0.4 is 16.2 Å². The highest BCUT2D eigenvalue weighted by Gasteiger charge is 2.23. The fourth-order valence-corrected chi connectivity index (χ4v) is 5.63. The molecular weight excluding hydrogens is 561 g/mol. The number of rotatable bonds is 7. The minimum atomic E-state index is -0.289. The van der Waals surface area contributed by atoms with Gasteiger partial charge in [-0.2, -0.15) is 5.10 Å². The molecule has 1 saturated heterocycles. The number of amides is 1. The first kappa shape index (κ1) is 27.6. The second kappa shape index (κ2) is 11.7. The van der Waals surface area contributed by atoms with Gasteiger partial charge in [-0.1, -0.05) is 60.8 Å². The number of piperazine rings is 1. The summed E-state index contributed by atoms with van der Waals surface area (Å²) < 4.78 is 1.52. The van der Waals surface area contributed by atoms with Gasteiger partial charge in [-0.25, -0.2) is 9.67 Å². The third kappa shape index (κ3) is 6.13. The first-order chi connectivity index (χ1) is 18.7. The van der Waals surface area contributed by atoms with Gasteiger partial charge in [-0.15, -0.1) is 0 Å². The van der Waals surface area contributed by atoms with Crippen LogP contribution in [0.4, 0.5) is 5.69 Å². The second-order valence-electron chi connectivity index (χ2n) is 9.83. The lowest BCUT2D eigenvalue weighted by molar-refractivity contribution is -0.117. The molecule has 0 unspecified atom stereocenters. The van der Waals surface area contributed by atoms with E-state index in [-0.39, 0.29) is 17.4 Å². The van der Waals surface area contributed by atoms with Crippen molar-refractivity contribution in [1.82, 2.24) is 30.0 Å². The number of benzene rings is 2. The number of aromatic nitrogens is 4. The number of hydrogen-bond donors (Lipinski definition) is 3. The molecule has 4 aromatic rings. The molecule has 9 nitrogen and oxygen atoms in total. The highest BCUT2D eigenvalue weighted by Crippen LogP contribution is 2.34. The number of nitrogens with zero attached hydrogens (tertiary/aromatic N) is 4. The van der Waals surface area contributed by atoms with E-state index in [4.69, 9.17) is 39.8 Å². The van der Waals surface area contributed by atoms with E-state index in [1.807, 2.05) is 38.1 Å². The molecule has 39 heavy (non-hydrogen) atoms. The van der Waals surface area contributed by atoms with E-state index >= 15 is 0 Å². The van der Waals surface area contributed by atoms with Crippen LogP contribution in [0.25, 0.3) is 16.7 Å². The van der Waals surface area contributed by atoms with Gasteiger partial charge in [0.15, 0.2) is 5.65 Å². The number of hydrogen-bond acceptors (Lipinski definition) is 6. The summed E-state index contributed by atoms with van der Waals surface area (Å²) in [5.41, 5.74) is 2.69. The summed E-state index contributed by atoms with van der Waals surface area (Å²) in [6.07, 6.45) is 0.366. The molecule has 0 radical (unpaired) electrons. The molecule has 0 aliphatic carbocycles. The number of halogens is 3. The number of carbonyl (C=O) groups is 1. The molecular formula is C27H28Cl3N7O2. The molecule has 3 N–H and O–H groups in total. The number of anilines is 1. The van der Waals surface area contributed by atoms with E-state index in [0.29, 0.717) is 62.0 Å². The number of H-pyrrole nitrogens is 1. The first-order valence-electron chi connectivity index (χ1n) is 12.7. The van der Waals surface area contributed by atoms with Crippen molar-refractivity contribution in [2.24, 2.45) is 0 Å². The van der Waals surface area contributed by atoms with E-state index in [1.165, 1.54) is 4.68 Å². The number of nitrogens with one attached hydrogen (secondary N) is 3. The Bertz CT molecular complexity index is 1550. The number of fused-ring (bicyclic) bond motifs is 1. The van der Waals surface area contributed by atoms with Gasteiger partial charge in [-0.3, -0.25) is 14.5 Å². The molecule has 2 aromatic heterocycles. The topological polar surface area (TPSA) is 108 Å². The highest BCUT2D eigenvalue weighted by atomic mass is 35.5. The van der Waals surface area contributed by atoms with Crippen LogP contribution in [0.2, 0.25) is 15.1 Å². The maximum absolute atomic E-state index is 13.2. The maximum Gasteiger partial charge on any atom is 0.262 e. The van der Waals surface area contributed by atoms with Crippen LogP contribution in [0.1, 0.15) is 36.8 Å². The summed E-state index contributed by atoms with van der Waals surface area (Å²) >= 11 is 19.1. The van der Waals surface area contributed by atoms with Crippen LogP contribution in [0, 0.1) is 0 Å². The van der Waals surface area contributed by atoms with E-state index < -0.39 is 0 Å². The van der Waals surface area contributed by atoms with Crippen LogP contribution in [-0.2, 0) is 11.2 Å². The van der Waals surface area contributed by atoms with Crippen LogP contribution in [-0.4, -0.2) is 63.3 Å². The van der Waals surface area contributed by atoms with Crippen molar-refractivity contribution < 1.29 is 4.79 Å². The smallest absolute Gasteiger partial charge is 0.262 e. The van der Waals surface area contributed by atoms with Crippen molar-refractivity contribution in [2.75, 3.05) is 38.0 Å². The Balaban J connectivity index is 1.41. The molecule has 5 rings (SSSR count). The Morgan fingerprint density at radius 1 is 1.08 bits per heavy atom. The lowest BCUT2D eigenvalue weighted by atomic mass is 10.1. The Kier molecular flexibility index (Phi) is 8.25. The lowest BCUT2D eigenvalue weighted by Crippen LogP contribution is -2.46. The average Bonchev–Trinajstić information content (AvgIpc) is 3.25. The minimum absolute atomic E-state index is 0.0401. The zero-order valence-corrected chi connectivity index (χ0v) is 23.8. The summed E-state index contributed by atoms with van der Waals surface area (Å²) in [6.45, 7) is 7.77. The average molecular weight is 589 g/mol. The predicted octanol–water partition coefficient (Wildman–Crippen LogP) is 4.63. The van der Waals surface area contributed by atoms with E-state index in [9.17, 15) is 9.59 Å². The molecule has 3 heterocycles. The maximum atomic E-state index is 13.2. The van der Waals surface area contributed by atoms with Gasteiger partial charge in [-0.05, 0) is 35.7 Å². The number of aromatic amines is 1. The fourth-order valence-electron chi connectivity index (χ4n) is 4.65. The van der Waals surface area contributed by atoms with E-state index in [2.05, 4.69) is 25.6 Å². The van der Waals surface area contributed by atoms with Gasteiger partial charge < -0.3 is 15.6 Å². The summed E-state index contributed by atoms with van der Waals surface area (Å²) in [5.74, 6) is 0.372. The van der Waals surface area contributed by atoms with Crippen molar-refractivity contribution in [3.8, 4) is 5.69 Å². The minimum Gasteiger partial charge on any atom is -0.325 e. The van der Waals surface area contributed by atoms with Gasteiger partial charge in [0, 0.05) is 43.3 Å². The Morgan fingerprint density at radius 3 is 2.38 bits per heavy atom. The summed E-state index contributed by atoms with van der Waals surface area (Å²) in [7, 11) is 0. The highest BCUT2D eigenvalue weighted by molar-refractivity contribution is 6.40. The fraction of sp³-hybridized carbons (Fsp3) is 0.333. The standard InChI is InChI=1S/C27H28Cl3N7O2/c1-15(2)24-23-26(37(35-24)25-19(29)12-17(28)13-20(25)30)33-21(34-27(23)39)11-16-3-5-18(6-4-16)32-22(38)14-36-9-7-31-8-10-36/h3-6,12-13,15,31H,7-11,14H2,1-2H3,(H,32,38)(H,33,34,39). The lowest BCUT2D eigenvalue weighted by Gasteiger charge is -2.26. The zero-order valence-electron chi connectivity index (χ0n) is 21.5. The second-order valence-corrected chi connectivity index (χ2v) is 11.1. The molecule has 1 aliphatic heterocycles. The normalized spacial score (nSPS) is 14.3. The van der Waals surface area contributed by atoms with Crippen LogP contribution in [0.15, 0.2) is 41.2 Å². The molecule has 0 atom stereocenters. The first-order valence-corrected chi connectivity index (χ1v) is 13.8. The van der Waals surface area contributed by atoms with Gasteiger partial charge in [0.2, 0.25) is 5.91 Å². The Labute approximate surface area is 240 Å². The van der Waals surface area contributed by atoms with Crippen molar-refractivity contribution in [1.29, 1.82) is 0 Å². The molecule has 0 spiro atoms. The molecule has 1 amide bonds. The Hall–Kier alpha value is -2.95. The quantitative estimate of drug-likeness (QED) is 0.291. The third-order valence-corrected chi connectivity index (χ3v) is 7.33. The van der Waals surface area contributed by atoms with Crippen molar-refractivity contribution in [2.45, 2.75) is 26.2 Å². The molecule has 12 heteroatoms. The van der Waals surface area contributed by atoms with Gasteiger partial charge in [0.25, 0.3) is 5.56 Å². The summed E-state index contributed by atoms with van der Waals surface area (Å²) in [4.78, 5) is 35.4. The molecule has 2 aromatic carbocycles. The number of carbonyl (C=O) groups excluding carboxylic acids is 1. The third-order valence-electron chi connectivity index (χ3n) is 6.54. The summed E-state index contributed by atoms with van der Waals surface area (Å²) in [6, 6.07) is 10.6.